The Morgan fingerprint density at radius 3 is 2.61 bits per heavy atom. The van der Waals surface area contributed by atoms with Crippen molar-refractivity contribution in [3.63, 3.8) is 0 Å². The van der Waals surface area contributed by atoms with E-state index in [9.17, 15) is 5.11 Å². The van der Waals surface area contributed by atoms with Gasteiger partial charge >= 0.3 is 0 Å². The molecule has 7 nitrogen and oxygen atoms in total. The van der Waals surface area contributed by atoms with Crippen LogP contribution >= 0.6 is 24.0 Å². The quantitative estimate of drug-likeness (QED) is 0.230. The van der Waals surface area contributed by atoms with E-state index in [1.165, 1.54) is 12.8 Å². The number of furan rings is 1. The van der Waals surface area contributed by atoms with E-state index in [4.69, 9.17) is 9.15 Å². The maximum Gasteiger partial charge on any atom is 0.191 e. The van der Waals surface area contributed by atoms with Crippen LogP contribution in [0.2, 0.25) is 0 Å². The van der Waals surface area contributed by atoms with Gasteiger partial charge in [0, 0.05) is 13.1 Å². The van der Waals surface area contributed by atoms with E-state index in [0.29, 0.717) is 19.1 Å². The summed E-state index contributed by atoms with van der Waals surface area (Å²) in [5.74, 6) is 1.66. The number of rotatable bonds is 11. The van der Waals surface area contributed by atoms with Crippen LogP contribution < -0.4 is 10.6 Å². The Morgan fingerprint density at radius 2 is 1.94 bits per heavy atom. The predicted octanol–water partition coefficient (Wildman–Crippen LogP) is 3.17. The summed E-state index contributed by atoms with van der Waals surface area (Å²) >= 11 is 0. The standard InChI is InChI=1S/C23H34N4O3.HI/c1-2-24-23(25-15-20(28)18-29-17-19-9-4-3-5-10-19)26-16-21(22-11-8-14-30-22)27-12-6-7-13-27;/h3-5,8-11,14,20-21,28H,2,6-7,12-13,15-18H2,1H3,(H2,24,25,26);1H. The van der Waals surface area contributed by atoms with Gasteiger partial charge in [-0.25, -0.2) is 0 Å². The molecule has 2 unspecified atom stereocenters. The third-order valence-corrected chi connectivity index (χ3v) is 5.14. The number of aliphatic imine (C=N–C) groups is 1. The van der Waals surface area contributed by atoms with Gasteiger partial charge in [0.2, 0.25) is 0 Å². The lowest BCUT2D eigenvalue weighted by Gasteiger charge is -2.26. The van der Waals surface area contributed by atoms with Gasteiger partial charge in [0.1, 0.15) is 5.76 Å². The minimum Gasteiger partial charge on any atom is -0.468 e. The second-order valence-electron chi connectivity index (χ2n) is 7.53. The van der Waals surface area contributed by atoms with Crippen LogP contribution in [0.15, 0.2) is 58.1 Å². The first-order chi connectivity index (χ1) is 14.8. The lowest BCUT2D eigenvalue weighted by molar-refractivity contribution is 0.0331. The van der Waals surface area contributed by atoms with Gasteiger partial charge in [0.05, 0.1) is 38.2 Å². The van der Waals surface area contributed by atoms with Gasteiger partial charge in [-0.2, -0.15) is 0 Å². The number of benzene rings is 1. The molecule has 3 rings (SSSR count). The molecule has 8 heteroatoms. The third-order valence-electron chi connectivity index (χ3n) is 5.14. The zero-order chi connectivity index (χ0) is 21.0. The van der Waals surface area contributed by atoms with Crippen LogP contribution in [0.1, 0.15) is 37.1 Å². The van der Waals surface area contributed by atoms with Gasteiger partial charge in [0.25, 0.3) is 0 Å². The zero-order valence-corrected chi connectivity index (χ0v) is 20.5. The number of aliphatic hydroxyl groups is 1. The molecule has 0 bridgehead atoms. The zero-order valence-electron chi connectivity index (χ0n) is 18.2. The molecule has 1 aromatic carbocycles. The first-order valence-electron chi connectivity index (χ1n) is 10.9. The SMILES string of the molecule is CCNC(=NCC(O)COCc1ccccc1)NCC(c1ccco1)N1CCCC1.I. The molecule has 31 heavy (non-hydrogen) atoms. The molecule has 1 fully saturated rings. The van der Waals surface area contributed by atoms with E-state index in [-0.39, 0.29) is 43.2 Å². The number of aliphatic hydroxyl groups excluding tert-OH is 1. The molecule has 0 saturated carbocycles. The molecule has 3 N–H and O–H groups in total. The van der Waals surface area contributed by atoms with Gasteiger partial charge in [-0.15, -0.1) is 24.0 Å². The summed E-state index contributed by atoms with van der Waals surface area (Å²) in [6.07, 6.45) is 3.52. The summed E-state index contributed by atoms with van der Waals surface area (Å²) < 4.78 is 11.3. The van der Waals surface area contributed by atoms with Crippen molar-refractivity contribution in [2.75, 3.05) is 39.3 Å². The Hall–Kier alpha value is -1.62. The van der Waals surface area contributed by atoms with Crippen LogP contribution in [0.4, 0.5) is 0 Å². The molecular formula is C23H35IN4O3. The van der Waals surface area contributed by atoms with Crippen molar-refractivity contribution in [3.8, 4) is 0 Å². The molecule has 2 atom stereocenters. The minimum atomic E-state index is -0.649. The normalized spacial score (nSPS) is 16.5. The summed E-state index contributed by atoms with van der Waals surface area (Å²) in [7, 11) is 0. The van der Waals surface area contributed by atoms with E-state index in [0.717, 1.165) is 31.0 Å². The summed E-state index contributed by atoms with van der Waals surface area (Å²) in [5.41, 5.74) is 1.09. The van der Waals surface area contributed by atoms with Crippen LogP contribution in [0.25, 0.3) is 0 Å². The van der Waals surface area contributed by atoms with Crippen molar-refractivity contribution < 1.29 is 14.3 Å². The Bertz CT molecular complexity index is 737. The van der Waals surface area contributed by atoms with Gasteiger partial charge in [-0.05, 0) is 50.6 Å². The van der Waals surface area contributed by atoms with Crippen molar-refractivity contribution >= 4 is 29.9 Å². The molecule has 1 aromatic heterocycles. The number of guanidine groups is 1. The fourth-order valence-electron chi connectivity index (χ4n) is 3.62. The van der Waals surface area contributed by atoms with Crippen LogP contribution in [0.3, 0.4) is 0 Å². The third kappa shape index (κ3) is 8.80. The topological polar surface area (TPSA) is 82.3 Å². The molecule has 1 aliphatic heterocycles. The highest BCUT2D eigenvalue weighted by Crippen LogP contribution is 2.24. The van der Waals surface area contributed by atoms with Crippen molar-refractivity contribution in [2.45, 2.75) is 38.5 Å². The number of hydrogen-bond donors (Lipinski definition) is 3. The van der Waals surface area contributed by atoms with Crippen LogP contribution in [-0.2, 0) is 11.3 Å². The summed E-state index contributed by atoms with van der Waals surface area (Å²) in [5, 5.41) is 16.9. The highest BCUT2D eigenvalue weighted by Gasteiger charge is 2.25. The number of nitrogens with zero attached hydrogens (tertiary/aromatic N) is 2. The van der Waals surface area contributed by atoms with E-state index in [1.807, 2.05) is 49.4 Å². The highest BCUT2D eigenvalue weighted by atomic mass is 127. The number of ether oxygens (including phenoxy) is 1. The molecule has 172 valence electrons. The Labute approximate surface area is 202 Å². The summed E-state index contributed by atoms with van der Waals surface area (Å²) in [6, 6.07) is 14.1. The first-order valence-corrected chi connectivity index (χ1v) is 10.9. The van der Waals surface area contributed by atoms with Gasteiger partial charge < -0.3 is 24.9 Å². The second-order valence-corrected chi connectivity index (χ2v) is 7.53. The fourth-order valence-corrected chi connectivity index (χ4v) is 3.62. The average molecular weight is 542 g/mol. The highest BCUT2D eigenvalue weighted by molar-refractivity contribution is 14.0. The van der Waals surface area contributed by atoms with Crippen molar-refractivity contribution in [1.82, 2.24) is 15.5 Å². The summed E-state index contributed by atoms with van der Waals surface area (Å²) in [6.45, 7) is 6.65. The molecule has 2 aromatic rings. The monoisotopic (exact) mass is 542 g/mol. The molecular weight excluding hydrogens is 507 g/mol. The molecule has 2 heterocycles. The predicted molar refractivity (Wildman–Crippen MR) is 134 cm³/mol. The molecule has 0 radical (unpaired) electrons. The van der Waals surface area contributed by atoms with Crippen molar-refractivity contribution in [2.24, 2.45) is 4.99 Å². The smallest absolute Gasteiger partial charge is 0.191 e. The van der Waals surface area contributed by atoms with E-state index < -0.39 is 6.10 Å². The Morgan fingerprint density at radius 1 is 1.16 bits per heavy atom. The van der Waals surface area contributed by atoms with Gasteiger partial charge in [0.15, 0.2) is 5.96 Å². The fraction of sp³-hybridized carbons (Fsp3) is 0.522. The van der Waals surface area contributed by atoms with E-state index in [2.05, 4.69) is 20.5 Å². The van der Waals surface area contributed by atoms with Crippen LogP contribution in [0.5, 0.6) is 0 Å². The van der Waals surface area contributed by atoms with Crippen molar-refractivity contribution in [1.29, 1.82) is 0 Å². The first kappa shape index (κ1) is 25.6. The largest absolute Gasteiger partial charge is 0.468 e. The number of halogens is 1. The maximum absolute atomic E-state index is 10.2. The van der Waals surface area contributed by atoms with Gasteiger partial charge in [-0.1, -0.05) is 30.3 Å². The average Bonchev–Trinajstić information content (AvgIpc) is 3.48. The Kier molecular flexibility index (Phi) is 11.9. The van der Waals surface area contributed by atoms with Gasteiger partial charge in [-0.3, -0.25) is 9.89 Å². The number of hydrogen-bond acceptors (Lipinski definition) is 5. The molecule has 1 aliphatic rings. The molecule has 0 aliphatic carbocycles. The Balaban J connectivity index is 0.00000341. The lowest BCUT2D eigenvalue weighted by atomic mass is 10.2. The van der Waals surface area contributed by atoms with E-state index in [1.54, 1.807) is 6.26 Å². The lowest BCUT2D eigenvalue weighted by Crippen LogP contribution is -2.43. The van der Waals surface area contributed by atoms with Crippen LogP contribution in [-0.4, -0.2) is 61.4 Å². The number of likely N-dealkylation sites (tertiary alicyclic amines) is 1. The molecule has 0 amide bonds. The van der Waals surface area contributed by atoms with Crippen molar-refractivity contribution in [3.05, 3.63) is 60.1 Å². The number of nitrogens with one attached hydrogen (secondary N) is 2. The van der Waals surface area contributed by atoms with E-state index >= 15 is 0 Å². The minimum absolute atomic E-state index is 0. The summed E-state index contributed by atoms with van der Waals surface area (Å²) in [4.78, 5) is 6.98. The second kappa shape index (κ2) is 14.4. The van der Waals surface area contributed by atoms with Crippen LogP contribution in [0, 0.1) is 0 Å². The maximum atomic E-state index is 10.2. The molecule has 0 spiro atoms. The molecule has 1 saturated heterocycles.